The fourth-order valence-electron chi connectivity index (χ4n) is 15.3. The van der Waals surface area contributed by atoms with Gasteiger partial charge < -0.3 is 13.7 Å². The number of hydrogen-bond acceptors (Lipinski definition) is 3. The Balaban J connectivity index is 0.903. The fraction of sp³-hybridized carbons (Fsp3) is 0.189. The van der Waals surface area contributed by atoms with Gasteiger partial charge in [0, 0.05) is 77.8 Å². The molecule has 0 spiro atoms. The van der Waals surface area contributed by atoms with Gasteiger partial charge in [-0.3, -0.25) is 0 Å². The molecule has 0 radical (unpaired) electrons. The summed E-state index contributed by atoms with van der Waals surface area (Å²) in [5.74, 6) is 0. The predicted molar refractivity (Wildman–Crippen MR) is 320 cm³/mol. The Labute approximate surface area is 450 Å². The fourth-order valence-corrected chi connectivity index (χ4v) is 15.3. The van der Waals surface area contributed by atoms with Gasteiger partial charge in [0.25, 0.3) is 0 Å². The highest BCUT2D eigenvalue weighted by Crippen LogP contribution is 2.64. The van der Waals surface area contributed by atoms with E-state index in [1.165, 1.54) is 133 Å². The SMILES string of the molecule is Cc1ccc(-c2cc3c(c4c2oc2ccccc24)-c2ccc(CN(c4ccc5c(c4)C(C)(C)c4c6c(c7c(oc8ccccc87)c4-5)-c4ccccc4C6(C)C)c4cccc5c4-c4ccccc4C5(C)C)cc2C3(C)C)cc1. The highest BCUT2D eigenvalue weighted by atomic mass is 16.3. The number of fused-ring (bicyclic) bond motifs is 22. The monoisotopic (exact) mass is 993 g/mol. The lowest BCUT2D eigenvalue weighted by Crippen LogP contribution is -2.24. The van der Waals surface area contributed by atoms with E-state index < -0.39 is 0 Å². The molecule has 2 heterocycles. The summed E-state index contributed by atoms with van der Waals surface area (Å²) in [7, 11) is 0. The van der Waals surface area contributed by atoms with E-state index in [4.69, 9.17) is 8.83 Å². The van der Waals surface area contributed by atoms with Crippen LogP contribution in [0, 0.1) is 6.92 Å². The summed E-state index contributed by atoms with van der Waals surface area (Å²) < 4.78 is 14.0. The van der Waals surface area contributed by atoms with Crippen LogP contribution in [-0.2, 0) is 28.2 Å². The minimum Gasteiger partial charge on any atom is -0.455 e. The summed E-state index contributed by atoms with van der Waals surface area (Å²) in [5.41, 5.74) is 31.4. The summed E-state index contributed by atoms with van der Waals surface area (Å²) in [4.78, 5) is 2.63. The van der Waals surface area contributed by atoms with Crippen molar-refractivity contribution in [1.29, 1.82) is 0 Å². The predicted octanol–water partition coefficient (Wildman–Crippen LogP) is 20.0. The van der Waals surface area contributed by atoms with Crippen molar-refractivity contribution < 1.29 is 8.83 Å². The Morgan fingerprint density at radius 3 is 1.64 bits per heavy atom. The molecule has 12 aromatic rings. The molecule has 4 aliphatic rings. The number of aryl methyl sites for hydroxylation is 1. The Bertz CT molecular complexity index is 4610. The van der Waals surface area contributed by atoms with E-state index in [9.17, 15) is 0 Å². The maximum absolute atomic E-state index is 7.12. The van der Waals surface area contributed by atoms with Crippen LogP contribution in [0.4, 0.5) is 11.4 Å². The van der Waals surface area contributed by atoms with Crippen LogP contribution in [0.25, 0.3) is 99.5 Å². The van der Waals surface area contributed by atoms with Crippen LogP contribution in [0.3, 0.4) is 0 Å². The highest BCUT2D eigenvalue weighted by Gasteiger charge is 2.49. The summed E-state index contributed by atoms with van der Waals surface area (Å²) in [6, 6.07) is 68.5. The first-order valence-corrected chi connectivity index (χ1v) is 27.6. The molecule has 2 aromatic heterocycles. The van der Waals surface area contributed by atoms with Crippen molar-refractivity contribution in [2.75, 3.05) is 4.90 Å². The van der Waals surface area contributed by atoms with E-state index in [-0.39, 0.29) is 21.7 Å². The number of benzene rings is 10. The first kappa shape index (κ1) is 44.9. The number of furan rings is 2. The molecular weight excluding hydrogens is 935 g/mol. The van der Waals surface area contributed by atoms with Gasteiger partial charge in [0.2, 0.25) is 0 Å². The number of anilines is 2. The molecule has 4 aliphatic carbocycles. The van der Waals surface area contributed by atoms with Crippen LogP contribution in [-0.4, -0.2) is 0 Å². The van der Waals surface area contributed by atoms with Gasteiger partial charge >= 0.3 is 0 Å². The average Bonchev–Trinajstić information content (AvgIpc) is 4.16. The molecule has 0 saturated heterocycles. The van der Waals surface area contributed by atoms with Crippen LogP contribution in [0.1, 0.15) is 111 Å². The Morgan fingerprint density at radius 2 is 0.909 bits per heavy atom. The minimum atomic E-state index is -0.348. The summed E-state index contributed by atoms with van der Waals surface area (Å²) in [6.07, 6.45) is 0. The van der Waals surface area contributed by atoms with E-state index in [1.54, 1.807) is 0 Å². The molecule has 0 bridgehead atoms. The third-order valence-corrected chi connectivity index (χ3v) is 19.1. The van der Waals surface area contributed by atoms with Gasteiger partial charge in [-0.15, -0.1) is 0 Å². The van der Waals surface area contributed by atoms with E-state index in [0.717, 1.165) is 33.3 Å². The maximum Gasteiger partial charge on any atom is 0.144 e. The molecule has 0 atom stereocenters. The molecular formula is C74H59NO2. The summed E-state index contributed by atoms with van der Waals surface area (Å²) in [6.45, 7) is 22.3. The van der Waals surface area contributed by atoms with Gasteiger partial charge in [-0.2, -0.15) is 0 Å². The molecule has 10 aromatic carbocycles. The average molecular weight is 994 g/mol. The number of rotatable bonds is 5. The molecule has 3 heteroatoms. The second kappa shape index (κ2) is 15.0. The first-order valence-electron chi connectivity index (χ1n) is 27.6. The van der Waals surface area contributed by atoms with E-state index in [2.05, 4.69) is 249 Å². The van der Waals surface area contributed by atoms with Crippen molar-refractivity contribution in [2.45, 2.75) is 90.5 Å². The lowest BCUT2D eigenvalue weighted by atomic mass is 9.72. The van der Waals surface area contributed by atoms with Crippen LogP contribution in [0.15, 0.2) is 191 Å². The first-order chi connectivity index (χ1) is 37.1. The molecule has 0 amide bonds. The zero-order chi connectivity index (χ0) is 52.2. The Kier molecular flexibility index (Phi) is 8.71. The lowest BCUT2D eigenvalue weighted by molar-refractivity contribution is 0.600. The second-order valence-electron chi connectivity index (χ2n) is 24.8. The molecule has 0 N–H and O–H groups in total. The van der Waals surface area contributed by atoms with Crippen molar-refractivity contribution in [1.82, 2.24) is 0 Å². The molecule has 372 valence electrons. The Morgan fingerprint density at radius 1 is 0.377 bits per heavy atom. The maximum atomic E-state index is 7.12. The zero-order valence-corrected chi connectivity index (χ0v) is 45.3. The van der Waals surface area contributed by atoms with Gasteiger partial charge in [-0.1, -0.05) is 207 Å². The summed E-state index contributed by atoms with van der Waals surface area (Å²) in [5, 5.41) is 4.78. The second-order valence-corrected chi connectivity index (χ2v) is 24.8. The van der Waals surface area contributed by atoms with Gasteiger partial charge in [-0.25, -0.2) is 0 Å². The number of para-hydroxylation sites is 2. The van der Waals surface area contributed by atoms with Gasteiger partial charge in [0.05, 0.1) is 0 Å². The standard InChI is InChI=1S/C74H59NO2/c1-41-29-32-43(33-30-41)51-39-57-62(64-49-21-12-16-27-59(49)76-69(51)64)47-35-31-42(37-55(47)72(57,4)5)40-75(58-26-18-25-54-61(58)45-19-10-14-23-52(45)71(54,2)3)44-34-36-48-56(38-44)74(8,9)68-66(48)70-65(50-22-13-17-28-60(50)77-70)63-46-20-11-15-24-53(46)73(6,7)67(63)68/h10-39H,40H2,1-9H3. The third kappa shape index (κ3) is 5.72. The number of nitrogens with zero attached hydrogens (tertiary/aromatic N) is 1. The van der Waals surface area contributed by atoms with Gasteiger partial charge in [0.15, 0.2) is 0 Å². The van der Waals surface area contributed by atoms with Crippen molar-refractivity contribution in [3.8, 4) is 55.6 Å². The normalized spacial score (nSPS) is 16.1. The molecule has 16 rings (SSSR count). The molecule has 0 saturated carbocycles. The van der Waals surface area contributed by atoms with Crippen molar-refractivity contribution in [2.24, 2.45) is 0 Å². The molecule has 0 aliphatic heterocycles. The van der Waals surface area contributed by atoms with Crippen LogP contribution in [0.5, 0.6) is 0 Å². The van der Waals surface area contributed by atoms with Crippen LogP contribution in [0.2, 0.25) is 0 Å². The van der Waals surface area contributed by atoms with Crippen LogP contribution < -0.4 is 4.90 Å². The highest BCUT2D eigenvalue weighted by molar-refractivity contribution is 6.21. The van der Waals surface area contributed by atoms with Gasteiger partial charge in [0.1, 0.15) is 22.3 Å². The van der Waals surface area contributed by atoms with E-state index >= 15 is 0 Å². The van der Waals surface area contributed by atoms with E-state index in [0.29, 0.717) is 6.54 Å². The minimum absolute atomic E-state index is 0.152. The van der Waals surface area contributed by atoms with Crippen molar-refractivity contribution >= 4 is 55.3 Å². The quantitative estimate of drug-likeness (QED) is 0.172. The van der Waals surface area contributed by atoms with Gasteiger partial charge in [-0.05, 0) is 132 Å². The Hall–Kier alpha value is -8.40. The topological polar surface area (TPSA) is 29.5 Å². The number of hydrogen-bond donors (Lipinski definition) is 0. The summed E-state index contributed by atoms with van der Waals surface area (Å²) >= 11 is 0. The smallest absolute Gasteiger partial charge is 0.144 e. The third-order valence-electron chi connectivity index (χ3n) is 19.1. The van der Waals surface area contributed by atoms with Crippen LogP contribution >= 0.6 is 0 Å². The molecule has 77 heavy (non-hydrogen) atoms. The van der Waals surface area contributed by atoms with Crippen molar-refractivity contribution in [3.05, 3.63) is 238 Å². The molecule has 0 fully saturated rings. The molecule has 3 nitrogen and oxygen atoms in total. The molecule has 0 unspecified atom stereocenters. The van der Waals surface area contributed by atoms with Crippen molar-refractivity contribution in [3.63, 3.8) is 0 Å². The largest absolute Gasteiger partial charge is 0.455 e. The lowest BCUT2D eigenvalue weighted by Gasteiger charge is -2.32. The van der Waals surface area contributed by atoms with E-state index in [1.807, 2.05) is 0 Å². The zero-order valence-electron chi connectivity index (χ0n) is 45.3.